The number of para-hydroxylation sites is 2. The summed E-state index contributed by atoms with van der Waals surface area (Å²) in [7, 11) is 1.91. The van der Waals surface area contributed by atoms with Gasteiger partial charge in [-0.1, -0.05) is 0 Å². The number of ketones is 1. The molecule has 1 aliphatic heterocycles. The van der Waals surface area contributed by atoms with E-state index in [-0.39, 0.29) is 59.2 Å². The van der Waals surface area contributed by atoms with Gasteiger partial charge in [-0.2, -0.15) is 0 Å². The second-order valence-corrected chi connectivity index (χ2v) is 11.8. The molecular formula is C25H24IN3OSe2. The SMILES string of the molecule is CCN1/C(=C/C2=C(NC)C(=C/c3[se]c4ccccc4[n+]3CC)/C2=O)[Se]c2ccccc21.[I-]. The molecule has 4 nitrogen and oxygen atoms in total. The standard InChI is InChI=1S/C25H23N3OSe2.HI/c1-4-27-18-10-6-8-12-20(18)30-22(27)14-16-24(26-3)17(25(16)29)15-23-28(5-2)19-11-7-9-13-21(19)31-23;/h6-15H,4-5H2,1-3H3;1H. The molecule has 0 amide bonds. The van der Waals surface area contributed by atoms with Crippen molar-refractivity contribution in [1.29, 1.82) is 0 Å². The van der Waals surface area contributed by atoms with Crippen LogP contribution in [-0.4, -0.2) is 48.8 Å². The molecule has 1 aliphatic carbocycles. The minimum Gasteiger partial charge on any atom is -1.00 e. The largest absolute Gasteiger partial charge is 1.00 e. The number of benzene rings is 2. The molecule has 0 saturated carbocycles. The molecule has 0 bridgehead atoms. The van der Waals surface area contributed by atoms with Crippen LogP contribution in [-0.2, 0) is 11.3 Å². The van der Waals surface area contributed by atoms with Gasteiger partial charge < -0.3 is 24.0 Å². The second kappa shape index (κ2) is 9.70. The number of allylic oxidation sites excluding steroid dienone is 3. The molecule has 5 rings (SSSR count). The van der Waals surface area contributed by atoms with Crippen molar-refractivity contribution in [3.63, 3.8) is 0 Å². The van der Waals surface area contributed by atoms with Crippen molar-refractivity contribution in [3.8, 4) is 0 Å². The molecule has 32 heavy (non-hydrogen) atoms. The molecule has 3 aromatic rings. The third-order valence-electron chi connectivity index (χ3n) is 5.72. The third kappa shape index (κ3) is 3.84. The number of carbonyl (C=O) groups excluding carboxylic acids is 1. The van der Waals surface area contributed by atoms with Crippen molar-refractivity contribution in [2.75, 3.05) is 18.5 Å². The van der Waals surface area contributed by atoms with Crippen LogP contribution in [0.2, 0.25) is 0 Å². The van der Waals surface area contributed by atoms with E-state index in [1.54, 1.807) is 0 Å². The number of anilines is 1. The average molecular weight is 667 g/mol. The van der Waals surface area contributed by atoms with E-state index in [9.17, 15) is 4.79 Å². The van der Waals surface area contributed by atoms with Crippen molar-refractivity contribution < 1.29 is 33.3 Å². The van der Waals surface area contributed by atoms with E-state index >= 15 is 0 Å². The zero-order chi connectivity index (χ0) is 21.5. The minimum atomic E-state index is 0. The summed E-state index contributed by atoms with van der Waals surface area (Å²) in [5.74, 6) is 0.148. The Morgan fingerprint density at radius 2 is 1.81 bits per heavy atom. The van der Waals surface area contributed by atoms with Gasteiger partial charge in [-0.05, 0) is 0 Å². The molecular weight excluding hydrogens is 643 g/mol. The van der Waals surface area contributed by atoms with Gasteiger partial charge in [0.25, 0.3) is 0 Å². The van der Waals surface area contributed by atoms with Crippen LogP contribution in [0.4, 0.5) is 5.69 Å². The van der Waals surface area contributed by atoms with Crippen molar-refractivity contribution in [1.82, 2.24) is 5.32 Å². The molecule has 0 saturated heterocycles. The topological polar surface area (TPSA) is 36.2 Å². The summed E-state index contributed by atoms with van der Waals surface area (Å²) >= 11 is 0.449. The molecule has 2 aromatic carbocycles. The molecule has 0 spiro atoms. The molecule has 0 unspecified atom stereocenters. The van der Waals surface area contributed by atoms with E-state index in [1.807, 2.05) is 7.05 Å². The molecule has 0 fully saturated rings. The molecule has 7 heteroatoms. The Bertz CT molecular complexity index is 1310. The summed E-state index contributed by atoms with van der Waals surface area (Å²) < 4.78 is 7.63. The van der Waals surface area contributed by atoms with E-state index in [0.717, 1.165) is 29.9 Å². The predicted molar refractivity (Wildman–Crippen MR) is 129 cm³/mol. The van der Waals surface area contributed by atoms with Gasteiger partial charge in [0, 0.05) is 0 Å². The van der Waals surface area contributed by atoms with Gasteiger partial charge in [-0.3, -0.25) is 0 Å². The maximum Gasteiger partial charge on any atom is -1.00 e. The van der Waals surface area contributed by atoms with Crippen molar-refractivity contribution in [3.05, 3.63) is 80.6 Å². The van der Waals surface area contributed by atoms with E-state index in [0.29, 0.717) is 0 Å². The van der Waals surface area contributed by atoms with Crippen molar-refractivity contribution in [2.45, 2.75) is 20.4 Å². The number of hydrogen-bond acceptors (Lipinski definition) is 3. The van der Waals surface area contributed by atoms with Crippen LogP contribution < -0.4 is 43.2 Å². The Morgan fingerprint density at radius 1 is 1.06 bits per heavy atom. The third-order valence-corrected chi connectivity index (χ3v) is 10.4. The molecule has 164 valence electrons. The zero-order valence-corrected chi connectivity index (χ0v) is 23.8. The van der Waals surface area contributed by atoms with Gasteiger partial charge in [-0.25, -0.2) is 0 Å². The monoisotopic (exact) mass is 669 g/mol. The van der Waals surface area contributed by atoms with Gasteiger partial charge >= 0.3 is 195 Å². The van der Waals surface area contributed by atoms with Gasteiger partial charge in [0.05, 0.1) is 0 Å². The number of hydrogen-bond donors (Lipinski definition) is 1. The maximum absolute atomic E-state index is 13.2. The molecule has 2 aliphatic rings. The van der Waals surface area contributed by atoms with E-state index in [4.69, 9.17) is 0 Å². The Kier molecular flexibility index (Phi) is 7.13. The van der Waals surface area contributed by atoms with E-state index < -0.39 is 0 Å². The number of aryl methyl sites for hydroxylation is 1. The van der Waals surface area contributed by atoms with Crippen molar-refractivity contribution in [2.24, 2.45) is 0 Å². The Labute approximate surface area is 218 Å². The number of nitrogens with one attached hydrogen (secondary N) is 1. The first-order valence-electron chi connectivity index (χ1n) is 10.5. The predicted octanol–water partition coefficient (Wildman–Crippen LogP) is -0.641. The van der Waals surface area contributed by atoms with Crippen molar-refractivity contribution >= 4 is 61.2 Å². The number of nitrogens with zero attached hydrogens (tertiary/aromatic N) is 2. The van der Waals surface area contributed by atoms with Crippen LogP contribution in [0, 0.1) is 0 Å². The second-order valence-electron chi connectivity index (χ2n) is 7.37. The summed E-state index contributed by atoms with van der Waals surface area (Å²) in [6, 6.07) is 17.1. The minimum absolute atomic E-state index is 0. The van der Waals surface area contributed by atoms with Crippen LogP contribution in [0.25, 0.3) is 15.9 Å². The summed E-state index contributed by atoms with van der Waals surface area (Å²) in [5, 5.41) is 3.30. The van der Waals surface area contributed by atoms with Gasteiger partial charge in [0.15, 0.2) is 0 Å². The van der Waals surface area contributed by atoms with Gasteiger partial charge in [0.1, 0.15) is 0 Å². The molecule has 0 atom stereocenters. The zero-order valence-electron chi connectivity index (χ0n) is 18.2. The fourth-order valence-corrected chi connectivity index (χ4v) is 9.13. The summed E-state index contributed by atoms with van der Waals surface area (Å²) in [4.78, 5) is 15.5. The Hall–Kier alpha value is -1.63. The van der Waals surface area contributed by atoms with Gasteiger partial charge in [0.2, 0.25) is 0 Å². The quantitative estimate of drug-likeness (QED) is 0.171. The first-order valence-corrected chi connectivity index (χ1v) is 13.9. The molecule has 2 heterocycles. The van der Waals surface area contributed by atoms with Crippen LogP contribution in [0.5, 0.6) is 0 Å². The number of aromatic nitrogens is 1. The number of rotatable bonds is 5. The molecule has 1 aromatic heterocycles. The number of fused-ring (bicyclic) bond motifs is 2. The smallest absolute Gasteiger partial charge is 1.00 e. The normalized spacial score (nSPS) is 17.7. The molecule has 1 N–H and O–H groups in total. The number of halogens is 1. The first kappa shape index (κ1) is 23.5. The fraction of sp³-hybridized carbons (Fsp3) is 0.200. The van der Waals surface area contributed by atoms with Crippen LogP contribution >= 0.6 is 0 Å². The Morgan fingerprint density at radius 3 is 2.56 bits per heavy atom. The first-order chi connectivity index (χ1) is 15.2. The van der Waals surface area contributed by atoms with Gasteiger partial charge in [-0.15, -0.1) is 0 Å². The van der Waals surface area contributed by atoms with E-state index in [1.165, 1.54) is 29.1 Å². The number of likely N-dealkylation sites (N-methyl/N-ethyl adjacent to an activating group) is 1. The van der Waals surface area contributed by atoms with Crippen LogP contribution in [0.15, 0.2) is 76.0 Å². The number of carbonyl (C=O) groups is 1. The summed E-state index contributed by atoms with van der Waals surface area (Å²) in [6.07, 6.45) is 4.23. The van der Waals surface area contributed by atoms with Crippen LogP contribution in [0.3, 0.4) is 0 Å². The van der Waals surface area contributed by atoms with E-state index in [2.05, 4.69) is 89.3 Å². The summed E-state index contributed by atoms with van der Waals surface area (Å²) in [5.41, 5.74) is 5.15. The average Bonchev–Trinajstić information content (AvgIpc) is 3.34. The maximum atomic E-state index is 13.2. The number of Topliss-reactive ketones (excluding diaryl/α,β-unsaturated/α-hetero) is 1. The Balaban J connectivity index is 0.00000245. The van der Waals surface area contributed by atoms with Crippen LogP contribution in [0.1, 0.15) is 18.4 Å². The fourth-order valence-electron chi connectivity index (χ4n) is 4.22. The molecule has 0 radical (unpaired) electrons. The summed E-state index contributed by atoms with van der Waals surface area (Å²) in [6.45, 7) is 6.16.